The molecule has 0 radical (unpaired) electrons. The molecule has 1 aromatic carbocycles. The lowest BCUT2D eigenvalue weighted by Gasteiger charge is -2.32. The highest BCUT2D eigenvalue weighted by Crippen LogP contribution is 2.33. The van der Waals surface area contributed by atoms with E-state index in [0.717, 1.165) is 25.0 Å². The van der Waals surface area contributed by atoms with Gasteiger partial charge in [0.05, 0.1) is 6.10 Å². The first-order chi connectivity index (χ1) is 12.5. The molecule has 0 spiro atoms. The molecule has 2 N–H and O–H groups in total. The second-order valence-electron chi connectivity index (χ2n) is 6.55. The van der Waals surface area contributed by atoms with Gasteiger partial charge in [-0.3, -0.25) is 4.79 Å². The summed E-state index contributed by atoms with van der Waals surface area (Å²) in [7, 11) is 0. The molecule has 1 fully saturated rings. The fourth-order valence-electron chi connectivity index (χ4n) is 3.19. The van der Waals surface area contributed by atoms with Gasteiger partial charge in [-0.05, 0) is 37.5 Å². The van der Waals surface area contributed by atoms with Crippen molar-refractivity contribution >= 4 is 11.9 Å². The van der Waals surface area contributed by atoms with Crippen LogP contribution in [0.15, 0.2) is 42.6 Å². The number of hydrogen-bond donors (Lipinski definition) is 2. The number of pyridine rings is 1. The number of hydrogen-bond acceptors (Lipinski definition) is 4. The molecule has 6 nitrogen and oxygen atoms in total. The number of nitrogens with one attached hydrogen (secondary N) is 1. The Kier molecular flexibility index (Phi) is 5.63. The molecule has 26 heavy (non-hydrogen) atoms. The molecule has 0 saturated carbocycles. The highest BCUT2D eigenvalue weighted by atomic mass is 16.5. The van der Waals surface area contributed by atoms with Crippen LogP contribution in [0.4, 0.5) is 0 Å². The number of carboxylic acids is 1. The van der Waals surface area contributed by atoms with Crippen LogP contribution in [0, 0.1) is 12.8 Å². The quantitative estimate of drug-likeness (QED) is 0.862. The molecule has 1 aromatic heterocycles. The monoisotopic (exact) mass is 354 g/mol. The van der Waals surface area contributed by atoms with E-state index >= 15 is 0 Å². The fraction of sp³-hybridized carbons (Fsp3) is 0.350. The van der Waals surface area contributed by atoms with Gasteiger partial charge in [-0.1, -0.05) is 29.8 Å². The first-order valence-corrected chi connectivity index (χ1v) is 8.70. The third-order valence-electron chi connectivity index (χ3n) is 4.62. The average molecular weight is 354 g/mol. The molecular weight excluding hydrogens is 332 g/mol. The van der Waals surface area contributed by atoms with Gasteiger partial charge < -0.3 is 15.2 Å². The Hall–Kier alpha value is -2.73. The minimum atomic E-state index is -1.15. The lowest BCUT2D eigenvalue weighted by molar-refractivity contribution is -0.0272. The Balaban J connectivity index is 1.66. The van der Waals surface area contributed by atoms with Crippen molar-refractivity contribution in [2.45, 2.75) is 25.9 Å². The number of carbonyl (C=O) groups is 2. The van der Waals surface area contributed by atoms with Gasteiger partial charge in [0, 0.05) is 30.8 Å². The molecule has 136 valence electrons. The molecule has 2 heterocycles. The summed E-state index contributed by atoms with van der Waals surface area (Å²) in [6, 6.07) is 11.1. The minimum Gasteiger partial charge on any atom is -0.477 e. The smallest absolute Gasteiger partial charge is 0.354 e. The van der Waals surface area contributed by atoms with E-state index in [0.29, 0.717) is 12.1 Å². The van der Waals surface area contributed by atoms with Gasteiger partial charge in [-0.15, -0.1) is 0 Å². The van der Waals surface area contributed by atoms with Crippen LogP contribution < -0.4 is 5.32 Å². The summed E-state index contributed by atoms with van der Waals surface area (Å²) < 4.78 is 5.97. The van der Waals surface area contributed by atoms with Crippen LogP contribution in [0.2, 0.25) is 0 Å². The second-order valence-corrected chi connectivity index (χ2v) is 6.55. The highest BCUT2D eigenvalue weighted by Gasteiger charge is 2.28. The summed E-state index contributed by atoms with van der Waals surface area (Å²) in [5, 5.41) is 11.9. The predicted molar refractivity (Wildman–Crippen MR) is 96.1 cm³/mol. The van der Waals surface area contributed by atoms with Crippen LogP contribution in [-0.4, -0.2) is 35.1 Å². The van der Waals surface area contributed by atoms with Crippen molar-refractivity contribution in [1.82, 2.24) is 10.3 Å². The number of benzene rings is 1. The molecule has 1 saturated heterocycles. The van der Waals surface area contributed by atoms with E-state index in [9.17, 15) is 9.59 Å². The SMILES string of the molecule is Cc1ccc(C2OCCCC2CNC(=O)c2ccnc(C(=O)O)c2)cc1. The Bertz CT molecular complexity index is 789. The van der Waals surface area contributed by atoms with Gasteiger partial charge in [-0.2, -0.15) is 0 Å². The summed E-state index contributed by atoms with van der Waals surface area (Å²) in [4.78, 5) is 27.1. The third-order valence-corrected chi connectivity index (χ3v) is 4.62. The van der Waals surface area contributed by atoms with Crippen molar-refractivity contribution in [2.24, 2.45) is 5.92 Å². The molecule has 6 heteroatoms. The van der Waals surface area contributed by atoms with Crippen LogP contribution in [0.1, 0.15) is 50.9 Å². The number of carboxylic acid groups (broad SMARTS) is 1. The van der Waals surface area contributed by atoms with Crippen molar-refractivity contribution in [3.63, 3.8) is 0 Å². The predicted octanol–water partition coefficient (Wildman–Crippen LogP) is 2.99. The van der Waals surface area contributed by atoms with Crippen molar-refractivity contribution in [3.05, 3.63) is 65.0 Å². The third kappa shape index (κ3) is 4.26. The van der Waals surface area contributed by atoms with Crippen molar-refractivity contribution in [3.8, 4) is 0 Å². The Morgan fingerprint density at radius 2 is 2.04 bits per heavy atom. The molecule has 2 atom stereocenters. The topological polar surface area (TPSA) is 88.5 Å². The van der Waals surface area contributed by atoms with E-state index in [-0.39, 0.29) is 23.6 Å². The zero-order valence-corrected chi connectivity index (χ0v) is 14.6. The maximum atomic E-state index is 12.4. The molecule has 1 aliphatic heterocycles. The van der Waals surface area contributed by atoms with Crippen molar-refractivity contribution < 1.29 is 19.4 Å². The maximum absolute atomic E-state index is 12.4. The molecule has 1 amide bonds. The van der Waals surface area contributed by atoms with Crippen LogP contribution in [-0.2, 0) is 4.74 Å². The zero-order chi connectivity index (χ0) is 18.5. The van der Waals surface area contributed by atoms with Gasteiger partial charge in [0.15, 0.2) is 0 Å². The number of carbonyl (C=O) groups excluding carboxylic acids is 1. The average Bonchev–Trinajstić information content (AvgIpc) is 2.67. The van der Waals surface area contributed by atoms with Crippen molar-refractivity contribution in [1.29, 1.82) is 0 Å². The summed E-state index contributed by atoms with van der Waals surface area (Å²) in [6.07, 6.45) is 3.21. The van der Waals surface area contributed by atoms with Gasteiger partial charge in [0.2, 0.25) is 0 Å². The van der Waals surface area contributed by atoms with Gasteiger partial charge in [-0.25, -0.2) is 9.78 Å². The van der Waals surface area contributed by atoms with Crippen LogP contribution in [0.3, 0.4) is 0 Å². The maximum Gasteiger partial charge on any atom is 0.354 e. The van der Waals surface area contributed by atoms with Crippen LogP contribution >= 0.6 is 0 Å². The first-order valence-electron chi connectivity index (χ1n) is 8.70. The van der Waals surface area contributed by atoms with E-state index in [2.05, 4.69) is 34.6 Å². The normalized spacial score (nSPS) is 19.7. The molecule has 2 aromatic rings. The van der Waals surface area contributed by atoms with E-state index < -0.39 is 5.97 Å². The zero-order valence-electron chi connectivity index (χ0n) is 14.6. The number of ether oxygens (including phenoxy) is 1. The number of amides is 1. The Labute approximate surface area is 152 Å². The Morgan fingerprint density at radius 1 is 1.27 bits per heavy atom. The van der Waals surface area contributed by atoms with E-state index in [1.165, 1.54) is 23.9 Å². The minimum absolute atomic E-state index is 0.0447. The number of aromatic nitrogens is 1. The van der Waals surface area contributed by atoms with Crippen molar-refractivity contribution in [2.75, 3.05) is 13.2 Å². The Morgan fingerprint density at radius 3 is 2.77 bits per heavy atom. The second kappa shape index (κ2) is 8.10. The first kappa shape index (κ1) is 18.1. The molecule has 2 unspecified atom stereocenters. The molecule has 0 aliphatic carbocycles. The highest BCUT2D eigenvalue weighted by molar-refractivity contribution is 5.96. The van der Waals surface area contributed by atoms with Gasteiger partial charge in [0.25, 0.3) is 5.91 Å². The number of nitrogens with zero attached hydrogens (tertiary/aromatic N) is 1. The molecule has 3 rings (SSSR count). The number of aromatic carboxylic acids is 1. The van der Waals surface area contributed by atoms with E-state index in [1.807, 2.05) is 6.92 Å². The summed E-state index contributed by atoms with van der Waals surface area (Å²) >= 11 is 0. The fourth-order valence-corrected chi connectivity index (χ4v) is 3.19. The molecule has 0 bridgehead atoms. The summed E-state index contributed by atoms with van der Waals surface area (Å²) in [6.45, 7) is 3.24. The standard InChI is InChI=1S/C20H22N2O4/c1-13-4-6-14(7-5-13)18-16(3-2-10-26-18)12-22-19(23)15-8-9-21-17(11-15)20(24)25/h4-9,11,16,18H,2-3,10,12H2,1H3,(H,22,23)(H,24,25). The number of aryl methyl sites for hydroxylation is 1. The van der Waals surface area contributed by atoms with Crippen LogP contribution in [0.25, 0.3) is 0 Å². The van der Waals surface area contributed by atoms with E-state index in [4.69, 9.17) is 9.84 Å². The van der Waals surface area contributed by atoms with E-state index in [1.54, 1.807) is 0 Å². The molecular formula is C20H22N2O4. The lowest BCUT2D eigenvalue weighted by atomic mass is 9.89. The molecule has 1 aliphatic rings. The largest absolute Gasteiger partial charge is 0.477 e. The van der Waals surface area contributed by atoms with Gasteiger partial charge >= 0.3 is 5.97 Å². The summed E-state index contributed by atoms with van der Waals surface area (Å²) in [5.41, 5.74) is 2.46. The lowest BCUT2D eigenvalue weighted by Crippen LogP contribution is -2.35. The summed E-state index contributed by atoms with van der Waals surface area (Å²) in [5.74, 6) is -1.28. The van der Waals surface area contributed by atoms with Gasteiger partial charge in [0.1, 0.15) is 5.69 Å². The van der Waals surface area contributed by atoms with Crippen LogP contribution in [0.5, 0.6) is 0 Å². The number of rotatable bonds is 5.